The molecule has 2 aromatic rings. The monoisotopic (exact) mass is 266 g/mol. The molecule has 0 bridgehead atoms. The summed E-state index contributed by atoms with van der Waals surface area (Å²) in [7, 11) is 0. The first-order valence-corrected chi connectivity index (χ1v) is 6.73. The van der Waals surface area contributed by atoms with Gasteiger partial charge in [0.25, 0.3) is 0 Å². The lowest BCUT2D eigenvalue weighted by molar-refractivity contribution is 0.191. The van der Waals surface area contributed by atoms with E-state index in [0.29, 0.717) is 31.1 Å². The van der Waals surface area contributed by atoms with Gasteiger partial charge in [0.2, 0.25) is 5.89 Å². The number of nitrogens with one attached hydrogen (secondary N) is 1. The average Bonchev–Trinajstić information content (AvgIpc) is 3.01. The first-order chi connectivity index (χ1) is 8.70. The van der Waals surface area contributed by atoms with Crippen LogP contribution in [0.4, 0.5) is 0 Å². The molecule has 1 aliphatic heterocycles. The van der Waals surface area contributed by atoms with Gasteiger partial charge in [-0.1, -0.05) is 5.16 Å². The number of aromatic nitrogens is 3. The molecule has 0 radical (unpaired) electrons. The lowest BCUT2D eigenvalue weighted by Crippen LogP contribution is -2.15. The van der Waals surface area contributed by atoms with Crippen LogP contribution in [0.15, 0.2) is 9.90 Å². The first kappa shape index (κ1) is 11.8. The molecule has 0 amide bonds. The van der Waals surface area contributed by atoms with Gasteiger partial charge in [-0.15, -0.1) is 11.3 Å². The second kappa shape index (κ2) is 4.75. The SMILES string of the molecule is Cc1csc(Cc2noc([C@@H]3CC(O)CN3)n2)n1. The highest BCUT2D eigenvalue weighted by Crippen LogP contribution is 2.22. The number of aliphatic hydroxyl groups excluding tert-OH is 1. The minimum Gasteiger partial charge on any atom is -0.392 e. The molecule has 6 nitrogen and oxygen atoms in total. The van der Waals surface area contributed by atoms with Crippen LogP contribution in [-0.4, -0.2) is 32.9 Å². The number of thiazole rings is 1. The van der Waals surface area contributed by atoms with E-state index in [4.69, 9.17) is 4.52 Å². The van der Waals surface area contributed by atoms with E-state index in [1.54, 1.807) is 11.3 Å². The third-order valence-corrected chi connectivity index (χ3v) is 3.83. The summed E-state index contributed by atoms with van der Waals surface area (Å²) >= 11 is 1.60. The topological polar surface area (TPSA) is 84.1 Å². The molecule has 0 aromatic carbocycles. The molecular weight excluding hydrogens is 252 g/mol. The van der Waals surface area contributed by atoms with E-state index in [2.05, 4.69) is 20.4 Å². The molecule has 18 heavy (non-hydrogen) atoms. The molecule has 1 saturated heterocycles. The van der Waals surface area contributed by atoms with E-state index >= 15 is 0 Å². The van der Waals surface area contributed by atoms with Gasteiger partial charge in [0.05, 0.1) is 18.6 Å². The van der Waals surface area contributed by atoms with E-state index in [9.17, 15) is 5.11 Å². The number of hydrogen-bond acceptors (Lipinski definition) is 7. The second-order valence-corrected chi connectivity index (χ2v) is 5.40. The number of β-amino-alcohol motifs (C(OH)–C–C–N with tert-alkyl or cyclic N) is 1. The summed E-state index contributed by atoms with van der Waals surface area (Å²) in [5, 5.41) is 19.5. The van der Waals surface area contributed by atoms with Crippen molar-refractivity contribution < 1.29 is 9.63 Å². The van der Waals surface area contributed by atoms with E-state index in [0.717, 1.165) is 10.7 Å². The van der Waals surface area contributed by atoms with Crippen LogP contribution in [0.25, 0.3) is 0 Å². The van der Waals surface area contributed by atoms with Crippen LogP contribution in [0.3, 0.4) is 0 Å². The molecule has 2 atom stereocenters. The lowest BCUT2D eigenvalue weighted by Gasteiger charge is -2.01. The molecule has 3 heterocycles. The third-order valence-electron chi connectivity index (χ3n) is 2.87. The van der Waals surface area contributed by atoms with Crippen molar-refractivity contribution in [3.05, 3.63) is 27.8 Å². The predicted octanol–water partition coefficient (Wildman–Crippen LogP) is 0.821. The number of hydrogen-bond donors (Lipinski definition) is 2. The summed E-state index contributed by atoms with van der Waals surface area (Å²) in [6.07, 6.45) is 0.891. The van der Waals surface area contributed by atoms with Crippen LogP contribution in [0, 0.1) is 6.92 Å². The Kier molecular flexibility index (Phi) is 3.11. The fraction of sp³-hybridized carbons (Fsp3) is 0.545. The summed E-state index contributed by atoms with van der Waals surface area (Å²) in [4.78, 5) is 8.71. The van der Waals surface area contributed by atoms with Crippen molar-refractivity contribution in [1.82, 2.24) is 20.4 Å². The molecule has 3 rings (SSSR count). The van der Waals surface area contributed by atoms with Gasteiger partial charge < -0.3 is 14.9 Å². The predicted molar refractivity (Wildman–Crippen MR) is 65.3 cm³/mol. The van der Waals surface area contributed by atoms with Crippen molar-refractivity contribution >= 4 is 11.3 Å². The van der Waals surface area contributed by atoms with Crippen LogP contribution in [-0.2, 0) is 6.42 Å². The Morgan fingerprint density at radius 3 is 3.11 bits per heavy atom. The highest BCUT2D eigenvalue weighted by molar-refractivity contribution is 7.09. The van der Waals surface area contributed by atoms with Crippen molar-refractivity contribution in [3.8, 4) is 0 Å². The molecule has 1 aliphatic rings. The molecule has 0 spiro atoms. The van der Waals surface area contributed by atoms with Crippen LogP contribution >= 0.6 is 11.3 Å². The molecular formula is C11H14N4O2S. The Balaban J connectivity index is 1.70. The van der Waals surface area contributed by atoms with Crippen molar-refractivity contribution in [1.29, 1.82) is 0 Å². The van der Waals surface area contributed by atoms with Gasteiger partial charge >= 0.3 is 0 Å². The zero-order chi connectivity index (χ0) is 12.5. The highest BCUT2D eigenvalue weighted by atomic mass is 32.1. The quantitative estimate of drug-likeness (QED) is 0.855. The number of aryl methyl sites for hydroxylation is 1. The smallest absolute Gasteiger partial charge is 0.243 e. The van der Waals surface area contributed by atoms with Gasteiger partial charge in [0, 0.05) is 17.6 Å². The number of nitrogens with zero attached hydrogens (tertiary/aromatic N) is 3. The Hall–Kier alpha value is -1.31. The second-order valence-electron chi connectivity index (χ2n) is 4.46. The van der Waals surface area contributed by atoms with Gasteiger partial charge in [0.15, 0.2) is 5.82 Å². The molecule has 7 heteroatoms. The van der Waals surface area contributed by atoms with E-state index in [1.807, 2.05) is 12.3 Å². The van der Waals surface area contributed by atoms with E-state index in [-0.39, 0.29) is 12.1 Å². The highest BCUT2D eigenvalue weighted by Gasteiger charge is 2.28. The molecule has 2 N–H and O–H groups in total. The summed E-state index contributed by atoms with van der Waals surface area (Å²) in [5.41, 5.74) is 1.01. The van der Waals surface area contributed by atoms with Crippen LogP contribution < -0.4 is 5.32 Å². The maximum atomic E-state index is 9.44. The van der Waals surface area contributed by atoms with Gasteiger partial charge in [-0.2, -0.15) is 4.98 Å². The number of aliphatic hydroxyl groups is 1. The Labute approximate surface area is 108 Å². The summed E-state index contributed by atoms with van der Waals surface area (Å²) in [5.74, 6) is 1.19. The van der Waals surface area contributed by atoms with E-state index in [1.165, 1.54) is 0 Å². The van der Waals surface area contributed by atoms with Gasteiger partial charge in [-0.3, -0.25) is 0 Å². The van der Waals surface area contributed by atoms with Crippen molar-refractivity contribution in [2.75, 3.05) is 6.54 Å². The molecule has 0 aliphatic carbocycles. The number of rotatable bonds is 3. The minimum atomic E-state index is -0.327. The average molecular weight is 266 g/mol. The summed E-state index contributed by atoms with van der Waals surface area (Å²) in [6, 6.07) is -0.0284. The first-order valence-electron chi connectivity index (χ1n) is 5.85. The zero-order valence-corrected chi connectivity index (χ0v) is 10.8. The van der Waals surface area contributed by atoms with E-state index < -0.39 is 0 Å². The molecule has 1 fully saturated rings. The van der Waals surface area contributed by atoms with Gasteiger partial charge in [-0.05, 0) is 13.3 Å². The maximum Gasteiger partial charge on any atom is 0.243 e. The molecule has 1 unspecified atom stereocenters. The van der Waals surface area contributed by atoms with Crippen molar-refractivity contribution in [2.45, 2.75) is 31.9 Å². The third kappa shape index (κ3) is 2.43. The summed E-state index contributed by atoms with van der Waals surface area (Å²) < 4.78 is 5.22. The van der Waals surface area contributed by atoms with Gasteiger partial charge in [0.1, 0.15) is 5.01 Å². The fourth-order valence-corrected chi connectivity index (χ4v) is 2.77. The normalized spacial score (nSPS) is 23.7. The summed E-state index contributed by atoms with van der Waals surface area (Å²) in [6.45, 7) is 2.54. The van der Waals surface area contributed by atoms with Gasteiger partial charge in [-0.25, -0.2) is 4.98 Å². The van der Waals surface area contributed by atoms with Crippen LogP contribution in [0.1, 0.15) is 34.9 Å². The van der Waals surface area contributed by atoms with Crippen molar-refractivity contribution in [3.63, 3.8) is 0 Å². The molecule has 96 valence electrons. The van der Waals surface area contributed by atoms with Crippen LogP contribution in [0.5, 0.6) is 0 Å². The van der Waals surface area contributed by atoms with Crippen LogP contribution in [0.2, 0.25) is 0 Å². The van der Waals surface area contributed by atoms with Crippen molar-refractivity contribution in [2.24, 2.45) is 0 Å². The Bertz CT molecular complexity index is 539. The largest absolute Gasteiger partial charge is 0.392 e. The maximum absolute atomic E-state index is 9.44. The Morgan fingerprint density at radius 2 is 2.44 bits per heavy atom. The minimum absolute atomic E-state index is 0.0284. The lowest BCUT2D eigenvalue weighted by atomic mass is 10.2. The zero-order valence-electron chi connectivity index (χ0n) is 9.96. The molecule has 2 aromatic heterocycles. The standard InChI is InChI=1S/C11H14N4O2S/c1-6-5-18-10(13-6)3-9-14-11(17-15-9)8-2-7(16)4-12-8/h5,7-8,12,16H,2-4H2,1H3/t7?,8-/m0/s1. The Morgan fingerprint density at radius 1 is 1.56 bits per heavy atom. The fourth-order valence-electron chi connectivity index (χ4n) is 2.01. The molecule has 0 saturated carbocycles.